The zero-order valence-electron chi connectivity index (χ0n) is 8.62. The Morgan fingerprint density at radius 3 is 2.80 bits per heavy atom. The number of rotatable bonds is 2. The summed E-state index contributed by atoms with van der Waals surface area (Å²) in [6.45, 7) is 5.57. The van der Waals surface area contributed by atoms with Crippen LogP contribution < -0.4 is 5.73 Å². The number of hydrogen-bond acceptors (Lipinski definition) is 2. The number of imidazole rings is 1. The van der Waals surface area contributed by atoms with E-state index in [1.807, 2.05) is 31.2 Å². The summed E-state index contributed by atoms with van der Waals surface area (Å²) in [7, 11) is 0. The van der Waals surface area contributed by atoms with Crippen LogP contribution in [0.1, 0.15) is 12.7 Å². The third-order valence-electron chi connectivity index (χ3n) is 2.27. The van der Waals surface area contributed by atoms with Crippen molar-refractivity contribution < 1.29 is 0 Å². The molecule has 0 atom stereocenters. The van der Waals surface area contributed by atoms with Gasteiger partial charge >= 0.3 is 0 Å². The summed E-state index contributed by atoms with van der Waals surface area (Å²) < 4.78 is 0. The maximum atomic E-state index is 5.75. The molecule has 0 unspecified atom stereocenters. The lowest BCUT2D eigenvalue weighted by Gasteiger charge is -1.98. The van der Waals surface area contributed by atoms with Gasteiger partial charge in [-0.15, -0.1) is 0 Å². The van der Waals surface area contributed by atoms with Gasteiger partial charge in [0.05, 0.1) is 11.0 Å². The maximum absolute atomic E-state index is 5.75. The number of fused-ring (bicyclic) bond motifs is 1. The second kappa shape index (κ2) is 3.61. The third kappa shape index (κ3) is 1.64. The smallest absolute Gasteiger partial charge is 0.140 e. The molecule has 1 heterocycles. The fourth-order valence-corrected chi connectivity index (χ4v) is 1.52. The van der Waals surface area contributed by atoms with Crippen LogP contribution in [0, 0.1) is 0 Å². The molecule has 1 aromatic heterocycles. The number of hydrogen-bond donors (Lipinski definition) is 2. The molecule has 76 valence electrons. The molecule has 15 heavy (non-hydrogen) atoms. The van der Waals surface area contributed by atoms with Gasteiger partial charge in [-0.2, -0.15) is 0 Å². The predicted octanol–water partition coefficient (Wildman–Crippen LogP) is 2.44. The number of benzene rings is 1. The van der Waals surface area contributed by atoms with E-state index in [0.717, 1.165) is 22.4 Å². The van der Waals surface area contributed by atoms with Crippen LogP contribution in [0.5, 0.6) is 0 Å². The van der Waals surface area contributed by atoms with Crippen LogP contribution in [0.2, 0.25) is 0 Å². The molecule has 0 radical (unpaired) electrons. The number of aromatic nitrogens is 2. The van der Waals surface area contributed by atoms with Crippen molar-refractivity contribution in [1.29, 1.82) is 0 Å². The molecule has 0 aliphatic carbocycles. The van der Waals surface area contributed by atoms with E-state index >= 15 is 0 Å². The highest BCUT2D eigenvalue weighted by Gasteiger charge is 2.06. The molecule has 0 saturated carbocycles. The number of allylic oxidation sites excluding steroid dienone is 3. The standard InChI is InChI=1S/C12H13N3/c1-3-9(8(2)13)12-14-10-6-4-5-7-11(10)15-12/h3-7H,1,13H2,2H3,(H,14,15)/b9-8-. The van der Waals surface area contributed by atoms with Gasteiger partial charge in [-0.3, -0.25) is 0 Å². The van der Waals surface area contributed by atoms with Crippen LogP contribution in [-0.4, -0.2) is 9.97 Å². The number of nitrogens with zero attached hydrogens (tertiary/aromatic N) is 1. The van der Waals surface area contributed by atoms with E-state index in [0.29, 0.717) is 5.70 Å². The van der Waals surface area contributed by atoms with E-state index < -0.39 is 0 Å². The summed E-state index contributed by atoms with van der Waals surface area (Å²) in [5.74, 6) is 0.770. The van der Waals surface area contributed by atoms with Gasteiger partial charge in [-0.1, -0.05) is 24.8 Å². The summed E-state index contributed by atoms with van der Waals surface area (Å²) in [6.07, 6.45) is 1.72. The molecule has 3 heteroatoms. The van der Waals surface area contributed by atoms with E-state index in [-0.39, 0.29) is 0 Å². The van der Waals surface area contributed by atoms with E-state index in [1.165, 1.54) is 0 Å². The van der Waals surface area contributed by atoms with Gasteiger partial charge in [0.25, 0.3) is 0 Å². The molecule has 0 fully saturated rings. The fraction of sp³-hybridized carbons (Fsp3) is 0.0833. The second-order valence-electron chi connectivity index (χ2n) is 3.40. The van der Waals surface area contributed by atoms with Crippen molar-refractivity contribution in [2.75, 3.05) is 0 Å². The summed E-state index contributed by atoms with van der Waals surface area (Å²) >= 11 is 0. The molecule has 0 aliphatic rings. The highest BCUT2D eigenvalue weighted by atomic mass is 14.9. The van der Waals surface area contributed by atoms with Crippen LogP contribution >= 0.6 is 0 Å². The zero-order chi connectivity index (χ0) is 10.8. The number of para-hydroxylation sites is 2. The number of aromatic amines is 1. The Bertz CT molecular complexity index is 498. The van der Waals surface area contributed by atoms with Crippen molar-refractivity contribution in [2.45, 2.75) is 6.92 Å². The largest absolute Gasteiger partial charge is 0.402 e. The lowest BCUT2D eigenvalue weighted by molar-refractivity contribution is 1.23. The van der Waals surface area contributed by atoms with Gasteiger partial charge in [0.2, 0.25) is 0 Å². The molecule has 0 spiro atoms. The minimum atomic E-state index is 0.712. The molecular formula is C12H13N3. The van der Waals surface area contributed by atoms with Crippen LogP contribution in [-0.2, 0) is 0 Å². The van der Waals surface area contributed by atoms with Crippen LogP contribution in [0.3, 0.4) is 0 Å². The average molecular weight is 199 g/mol. The highest BCUT2D eigenvalue weighted by molar-refractivity contribution is 5.81. The van der Waals surface area contributed by atoms with Gasteiger partial charge in [-0.25, -0.2) is 4.98 Å². The Hall–Kier alpha value is -2.03. The first-order valence-electron chi connectivity index (χ1n) is 4.76. The Balaban J connectivity index is 2.63. The van der Waals surface area contributed by atoms with Gasteiger partial charge in [0, 0.05) is 11.3 Å². The van der Waals surface area contributed by atoms with Crippen molar-refractivity contribution in [3.63, 3.8) is 0 Å². The number of nitrogens with two attached hydrogens (primary N) is 1. The molecule has 2 aromatic rings. The fourth-order valence-electron chi connectivity index (χ4n) is 1.52. The SMILES string of the molecule is C=C/C(=C(\C)N)c1nc2ccccc2[nH]1. The number of nitrogens with one attached hydrogen (secondary N) is 1. The van der Waals surface area contributed by atoms with Crippen molar-refractivity contribution in [3.05, 3.63) is 48.4 Å². The molecule has 3 N–H and O–H groups in total. The van der Waals surface area contributed by atoms with Crippen molar-refractivity contribution >= 4 is 16.6 Å². The molecule has 0 aliphatic heterocycles. The molecule has 2 rings (SSSR count). The first-order chi connectivity index (χ1) is 7.22. The third-order valence-corrected chi connectivity index (χ3v) is 2.27. The Morgan fingerprint density at radius 1 is 1.47 bits per heavy atom. The van der Waals surface area contributed by atoms with Gasteiger partial charge < -0.3 is 10.7 Å². The quantitative estimate of drug-likeness (QED) is 0.730. The molecule has 0 amide bonds. The molecule has 0 bridgehead atoms. The van der Waals surface area contributed by atoms with Crippen molar-refractivity contribution in [1.82, 2.24) is 9.97 Å². The second-order valence-corrected chi connectivity index (χ2v) is 3.40. The minimum absolute atomic E-state index is 0.712. The number of H-pyrrole nitrogens is 1. The summed E-state index contributed by atoms with van der Waals surface area (Å²) in [5.41, 5.74) is 9.26. The summed E-state index contributed by atoms with van der Waals surface area (Å²) in [6, 6.07) is 7.87. The first-order valence-corrected chi connectivity index (χ1v) is 4.76. The minimum Gasteiger partial charge on any atom is -0.402 e. The Morgan fingerprint density at radius 2 is 2.20 bits per heavy atom. The maximum Gasteiger partial charge on any atom is 0.140 e. The molecule has 3 nitrogen and oxygen atoms in total. The van der Waals surface area contributed by atoms with E-state index in [2.05, 4.69) is 16.5 Å². The Labute approximate surface area is 88.3 Å². The Kier molecular flexibility index (Phi) is 2.29. The molecule has 0 saturated heterocycles. The highest BCUT2D eigenvalue weighted by Crippen LogP contribution is 2.18. The van der Waals surface area contributed by atoms with Crippen molar-refractivity contribution in [3.8, 4) is 0 Å². The zero-order valence-corrected chi connectivity index (χ0v) is 8.62. The van der Waals surface area contributed by atoms with Crippen molar-refractivity contribution in [2.24, 2.45) is 5.73 Å². The summed E-state index contributed by atoms with van der Waals surface area (Å²) in [4.78, 5) is 7.65. The van der Waals surface area contributed by atoms with E-state index in [4.69, 9.17) is 5.73 Å². The van der Waals surface area contributed by atoms with E-state index in [1.54, 1.807) is 6.08 Å². The van der Waals surface area contributed by atoms with Gasteiger partial charge in [0.15, 0.2) is 0 Å². The van der Waals surface area contributed by atoms with Crippen LogP contribution in [0.4, 0.5) is 0 Å². The topological polar surface area (TPSA) is 54.7 Å². The average Bonchev–Trinajstić information content (AvgIpc) is 2.61. The normalized spacial score (nSPS) is 12.6. The predicted molar refractivity (Wildman–Crippen MR) is 63.1 cm³/mol. The lowest BCUT2D eigenvalue weighted by Crippen LogP contribution is -1.97. The van der Waals surface area contributed by atoms with Crippen LogP contribution in [0.25, 0.3) is 16.6 Å². The van der Waals surface area contributed by atoms with Gasteiger partial charge in [-0.05, 0) is 19.1 Å². The van der Waals surface area contributed by atoms with Gasteiger partial charge in [0.1, 0.15) is 5.82 Å². The van der Waals surface area contributed by atoms with Crippen LogP contribution in [0.15, 0.2) is 42.6 Å². The lowest BCUT2D eigenvalue weighted by atomic mass is 10.2. The molecular weight excluding hydrogens is 186 g/mol. The van der Waals surface area contributed by atoms with E-state index in [9.17, 15) is 0 Å². The first kappa shape index (κ1) is 9.52. The molecule has 1 aromatic carbocycles. The monoisotopic (exact) mass is 199 g/mol. The summed E-state index contributed by atoms with van der Waals surface area (Å²) in [5, 5.41) is 0.